The third-order valence-corrected chi connectivity index (χ3v) is 5.11. The van der Waals surface area contributed by atoms with Crippen molar-refractivity contribution in [2.45, 2.75) is 30.7 Å². The first-order valence-corrected chi connectivity index (χ1v) is 9.91. The number of methoxy groups -OCH3 is 1. The number of rotatable bonds is 7. The van der Waals surface area contributed by atoms with Crippen LogP contribution in [-0.4, -0.2) is 27.7 Å². The quantitative estimate of drug-likeness (QED) is 0.823. The zero-order valence-electron chi connectivity index (χ0n) is 14.7. The van der Waals surface area contributed by atoms with E-state index in [1.807, 2.05) is 31.2 Å². The van der Waals surface area contributed by atoms with E-state index in [2.05, 4.69) is 5.32 Å². The first-order chi connectivity index (χ1) is 11.8. The fourth-order valence-corrected chi connectivity index (χ4v) is 3.08. The molecule has 0 unspecified atom stereocenters. The second kappa shape index (κ2) is 8.16. The Morgan fingerprint density at radius 1 is 1.08 bits per heavy atom. The van der Waals surface area contributed by atoms with Crippen LogP contribution in [-0.2, 0) is 21.1 Å². The average Bonchev–Trinajstić information content (AvgIpc) is 2.59. The van der Waals surface area contributed by atoms with E-state index in [1.165, 1.54) is 6.26 Å². The number of sulfone groups is 1. The van der Waals surface area contributed by atoms with Gasteiger partial charge in [-0.15, -0.1) is 0 Å². The molecule has 0 aliphatic heterocycles. The molecule has 0 aliphatic rings. The molecule has 0 saturated carbocycles. The van der Waals surface area contributed by atoms with Crippen LogP contribution in [0, 0.1) is 0 Å². The molecule has 0 spiro atoms. The SMILES string of the molecule is COc1ccc(CCC(=O)N[C@@H](C)c2ccc(S(C)(=O)=O)cc2)cc1. The van der Waals surface area contributed by atoms with E-state index in [-0.39, 0.29) is 16.8 Å². The Bertz CT molecular complexity index is 812. The summed E-state index contributed by atoms with van der Waals surface area (Å²) in [4.78, 5) is 12.4. The first kappa shape index (κ1) is 19.0. The number of amides is 1. The summed E-state index contributed by atoms with van der Waals surface area (Å²) in [5, 5.41) is 2.93. The Labute approximate surface area is 148 Å². The summed E-state index contributed by atoms with van der Waals surface area (Å²) < 4.78 is 28.1. The maximum absolute atomic E-state index is 12.1. The summed E-state index contributed by atoms with van der Waals surface area (Å²) in [6, 6.07) is 14.0. The molecule has 0 saturated heterocycles. The van der Waals surface area contributed by atoms with Gasteiger partial charge in [0, 0.05) is 12.7 Å². The lowest BCUT2D eigenvalue weighted by atomic mass is 10.1. The lowest BCUT2D eigenvalue weighted by molar-refractivity contribution is -0.121. The summed E-state index contributed by atoms with van der Waals surface area (Å²) in [6.45, 7) is 1.88. The molecule has 2 rings (SSSR count). The van der Waals surface area contributed by atoms with Crippen LogP contribution >= 0.6 is 0 Å². The Morgan fingerprint density at radius 2 is 1.68 bits per heavy atom. The van der Waals surface area contributed by atoms with Gasteiger partial charge in [0.25, 0.3) is 0 Å². The van der Waals surface area contributed by atoms with E-state index < -0.39 is 9.84 Å². The van der Waals surface area contributed by atoms with Crippen molar-refractivity contribution in [2.75, 3.05) is 13.4 Å². The molecule has 2 aromatic carbocycles. The van der Waals surface area contributed by atoms with Crippen LogP contribution < -0.4 is 10.1 Å². The monoisotopic (exact) mass is 361 g/mol. The van der Waals surface area contributed by atoms with E-state index in [4.69, 9.17) is 4.74 Å². The molecule has 1 atom stereocenters. The second-order valence-corrected chi connectivity index (χ2v) is 7.99. The van der Waals surface area contributed by atoms with Gasteiger partial charge in [-0.25, -0.2) is 8.42 Å². The van der Waals surface area contributed by atoms with E-state index >= 15 is 0 Å². The van der Waals surface area contributed by atoms with Gasteiger partial charge in [0.15, 0.2) is 9.84 Å². The summed E-state index contributed by atoms with van der Waals surface area (Å²) in [6.07, 6.45) is 2.21. The van der Waals surface area contributed by atoms with Gasteiger partial charge in [-0.1, -0.05) is 24.3 Å². The Balaban J connectivity index is 1.88. The van der Waals surface area contributed by atoms with Gasteiger partial charge in [0.05, 0.1) is 18.0 Å². The van der Waals surface area contributed by atoms with Crippen molar-refractivity contribution in [1.82, 2.24) is 5.32 Å². The van der Waals surface area contributed by atoms with E-state index in [9.17, 15) is 13.2 Å². The summed E-state index contributed by atoms with van der Waals surface area (Å²) in [5.74, 6) is 0.745. The molecule has 1 N–H and O–H groups in total. The van der Waals surface area contributed by atoms with E-state index in [0.29, 0.717) is 12.8 Å². The molecule has 5 nitrogen and oxygen atoms in total. The number of hydrogen-bond acceptors (Lipinski definition) is 4. The minimum absolute atomic E-state index is 0.0458. The van der Waals surface area contributed by atoms with Crippen LogP contribution in [0.25, 0.3) is 0 Å². The smallest absolute Gasteiger partial charge is 0.220 e. The zero-order valence-corrected chi connectivity index (χ0v) is 15.5. The van der Waals surface area contributed by atoms with Crippen LogP contribution in [0.1, 0.15) is 30.5 Å². The molecule has 2 aromatic rings. The molecule has 1 amide bonds. The van der Waals surface area contributed by atoms with Crippen LogP contribution in [0.15, 0.2) is 53.4 Å². The normalized spacial score (nSPS) is 12.4. The summed E-state index contributed by atoms with van der Waals surface area (Å²) in [7, 11) is -1.59. The van der Waals surface area contributed by atoms with Crippen molar-refractivity contribution >= 4 is 15.7 Å². The Kier molecular flexibility index (Phi) is 6.20. The van der Waals surface area contributed by atoms with Crippen LogP contribution in [0.5, 0.6) is 5.75 Å². The van der Waals surface area contributed by atoms with Gasteiger partial charge in [-0.2, -0.15) is 0 Å². The topological polar surface area (TPSA) is 72.5 Å². The van der Waals surface area contributed by atoms with E-state index in [0.717, 1.165) is 16.9 Å². The first-order valence-electron chi connectivity index (χ1n) is 8.02. The van der Waals surface area contributed by atoms with Gasteiger partial charge >= 0.3 is 0 Å². The molecule has 134 valence electrons. The number of carbonyl (C=O) groups is 1. The van der Waals surface area contributed by atoms with Crippen molar-refractivity contribution in [3.05, 3.63) is 59.7 Å². The zero-order chi connectivity index (χ0) is 18.4. The van der Waals surface area contributed by atoms with Gasteiger partial charge in [0.2, 0.25) is 5.91 Å². The minimum Gasteiger partial charge on any atom is -0.497 e. The van der Waals surface area contributed by atoms with Crippen molar-refractivity contribution in [3.8, 4) is 5.75 Å². The third kappa shape index (κ3) is 5.60. The van der Waals surface area contributed by atoms with Gasteiger partial charge in [-0.05, 0) is 48.7 Å². The third-order valence-electron chi connectivity index (χ3n) is 3.99. The molecular formula is C19H23NO4S. The molecule has 0 aromatic heterocycles. The lowest BCUT2D eigenvalue weighted by Gasteiger charge is -2.15. The van der Waals surface area contributed by atoms with Crippen molar-refractivity contribution in [1.29, 1.82) is 0 Å². The fraction of sp³-hybridized carbons (Fsp3) is 0.316. The molecule has 0 bridgehead atoms. The number of carbonyl (C=O) groups excluding carboxylic acids is 1. The highest BCUT2D eigenvalue weighted by Gasteiger charge is 2.12. The maximum Gasteiger partial charge on any atom is 0.220 e. The maximum atomic E-state index is 12.1. The number of aryl methyl sites for hydroxylation is 1. The van der Waals surface area contributed by atoms with Crippen LogP contribution in [0.2, 0.25) is 0 Å². The summed E-state index contributed by atoms with van der Waals surface area (Å²) in [5.41, 5.74) is 1.94. The van der Waals surface area contributed by atoms with Gasteiger partial charge < -0.3 is 10.1 Å². The number of benzene rings is 2. The van der Waals surface area contributed by atoms with Gasteiger partial charge in [0.1, 0.15) is 5.75 Å². The highest BCUT2D eigenvalue weighted by atomic mass is 32.2. The molecule has 0 radical (unpaired) electrons. The summed E-state index contributed by atoms with van der Waals surface area (Å²) >= 11 is 0. The highest BCUT2D eigenvalue weighted by Crippen LogP contribution is 2.17. The second-order valence-electron chi connectivity index (χ2n) is 5.98. The predicted molar refractivity (Wildman–Crippen MR) is 97.4 cm³/mol. The van der Waals surface area contributed by atoms with Crippen molar-refractivity contribution < 1.29 is 17.9 Å². The molecule has 0 heterocycles. The number of hydrogen-bond donors (Lipinski definition) is 1. The minimum atomic E-state index is -3.21. The highest BCUT2D eigenvalue weighted by molar-refractivity contribution is 7.90. The van der Waals surface area contributed by atoms with Crippen molar-refractivity contribution in [2.24, 2.45) is 0 Å². The average molecular weight is 361 g/mol. The fourth-order valence-electron chi connectivity index (χ4n) is 2.45. The Hall–Kier alpha value is -2.34. The lowest BCUT2D eigenvalue weighted by Crippen LogP contribution is -2.26. The van der Waals surface area contributed by atoms with Crippen molar-refractivity contribution in [3.63, 3.8) is 0 Å². The number of ether oxygens (including phenoxy) is 1. The number of nitrogens with one attached hydrogen (secondary N) is 1. The molecule has 25 heavy (non-hydrogen) atoms. The molecule has 6 heteroatoms. The Morgan fingerprint density at radius 3 is 2.20 bits per heavy atom. The van der Waals surface area contributed by atoms with E-state index in [1.54, 1.807) is 31.4 Å². The molecule has 0 aliphatic carbocycles. The van der Waals surface area contributed by atoms with Crippen LogP contribution in [0.3, 0.4) is 0 Å². The largest absolute Gasteiger partial charge is 0.497 e. The molecule has 0 fully saturated rings. The van der Waals surface area contributed by atoms with Gasteiger partial charge in [-0.3, -0.25) is 4.79 Å². The molecular weight excluding hydrogens is 338 g/mol. The van der Waals surface area contributed by atoms with Crippen LogP contribution in [0.4, 0.5) is 0 Å². The standard InChI is InChI=1S/C19H23NO4S/c1-14(16-7-11-18(12-8-16)25(3,22)23)20-19(21)13-6-15-4-9-17(24-2)10-5-15/h4-5,7-12,14H,6,13H2,1-3H3,(H,20,21)/t14-/m0/s1. The predicted octanol–water partition coefficient (Wildman–Crippen LogP) is 2.91.